The first-order valence-electron chi connectivity index (χ1n) is 4.00. The average Bonchev–Trinajstić information content (AvgIpc) is 2.21. The molecule has 0 unspecified atom stereocenters. The second-order valence-corrected chi connectivity index (χ2v) is 5.19. The van der Waals surface area contributed by atoms with Gasteiger partial charge in [0.25, 0.3) is 0 Å². The van der Waals surface area contributed by atoms with Gasteiger partial charge in [0.1, 0.15) is 18.1 Å². The number of benzene rings is 1. The van der Waals surface area contributed by atoms with Crippen molar-refractivity contribution in [1.29, 1.82) is 0 Å². The summed E-state index contributed by atoms with van der Waals surface area (Å²) in [5, 5.41) is 0.469. The fraction of sp³-hybridized carbons (Fsp3) is 0.250. The molecule has 1 N–H and O–H groups in total. The highest BCUT2D eigenvalue weighted by molar-refractivity contribution is 7.92. The average molecular weight is 234 g/mol. The van der Waals surface area contributed by atoms with Crippen molar-refractivity contribution in [1.82, 2.24) is 0 Å². The summed E-state index contributed by atoms with van der Waals surface area (Å²) in [5.74, 6) is 0.467. The van der Waals surface area contributed by atoms with Crippen molar-refractivity contribution in [3.63, 3.8) is 0 Å². The van der Waals surface area contributed by atoms with Crippen LogP contribution in [-0.4, -0.2) is 20.8 Å². The van der Waals surface area contributed by atoms with Gasteiger partial charge < -0.3 is 4.74 Å². The van der Waals surface area contributed by atoms with Crippen LogP contribution in [0.3, 0.4) is 0 Å². The van der Waals surface area contributed by atoms with E-state index < -0.39 is 10.0 Å². The minimum Gasteiger partial charge on any atom is -0.490 e. The topological polar surface area (TPSA) is 55.4 Å². The van der Waals surface area contributed by atoms with Crippen molar-refractivity contribution in [3.8, 4) is 5.75 Å². The molecular weight excluding hydrogens is 226 g/mol. The molecule has 1 aromatic carbocycles. The molecule has 14 heavy (non-hydrogen) atoms. The molecule has 1 heterocycles. The highest BCUT2D eigenvalue weighted by atomic mass is 35.5. The van der Waals surface area contributed by atoms with E-state index in [4.69, 9.17) is 16.3 Å². The van der Waals surface area contributed by atoms with E-state index in [9.17, 15) is 8.42 Å². The summed E-state index contributed by atoms with van der Waals surface area (Å²) in [4.78, 5) is 0. The smallest absolute Gasteiger partial charge is 0.236 e. The summed E-state index contributed by atoms with van der Waals surface area (Å²) in [6.45, 7) is 0.157. The SMILES string of the molecule is O=S1(=O)CCOc2ccc(Cl)cc2N1. The largest absolute Gasteiger partial charge is 0.490 e. The second-order valence-electron chi connectivity index (χ2n) is 2.91. The third-order valence-corrected chi connectivity index (χ3v) is 3.29. The highest BCUT2D eigenvalue weighted by Gasteiger charge is 2.18. The molecule has 0 saturated heterocycles. The normalized spacial score (nSPS) is 18.6. The molecule has 1 aromatic rings. The van der Waals surface area contributed by atoms with Gasteiger partial charge in [0.15, 0.2) is 0 Å². The molecule has 0 atom stereocenters. The van der Waals surface area contributed by atoms with Crippen molar-refractivity contribution < 1.29 is 13.2 Å². The van der Waals surface area contributed by atoms with Crippen LogP contribution in [-0.2, 0) is 10.0 Å². The number of nitrogens with one attached hydrogen (secondary N) is 1. The van der Waals surface area contributed by atoms with E-state index in [2.05, 4.69) is 4.72 Å². The Kier molecular flexibility index (Phi) is 2.28. The summed E-state index contributed by atoms with van der Waals surface area (Å²) in [6, 6.07) is 4.82. The van der Waals surface area contributed by atoms with Crippen LogP contribution in [0.2, 0.25) is 5.02 Å². The van der Waals surface area contributed by atoms with Crippen LogP contribution < -0.4 is 9.46 Å². The molecule has 0 aromatic heterocycles. The molecule has 0 radical (unpaired) electrons. The minimum atomic E-state index is -3.28. The Labute approximate surface area is 86.9 Å². The number of fused-ring (bicyclic) bond motifs is 1. The van der Waals surface area contributed by atoms with Gasteiger partial charge in [-0.05, 0) is 18.2 Å². The summed E-state index contributed by atoms with van der Waals surface area (Å²) < 4.78 is 30.3. The minimum absolute atomic E-state index is 0.0424. The fourth-order valence-electron chi connectivity index (χ4n) is 1.19. The Morgan fingerprint density at radius 1 is 1.43 bits per heavy atom. The van der Waals surface area contributed by atoms with Crippen LogP contribution in [0.15, 0.2) is 18.2 Å². The maximum atomic E-state index is 11.3. The van der Waals surface area contributed by atoms with Crippen molar-refractivity contribution in [2.45, 2.75) is 0 Å². The van der Waals surface area contributed by atoms with Gasteiger partial charge in [-0.1, -0.05) is 11.6 Å². The standard InChI is InChI=1S/C8H8ClNO3S/c9-6-1-2-8-7(5-6)10-14(11,12)4-3-13-8/h1-2,5,10H,3-4H2. The summed E-state index contributed by atoms with van der Waals surface area (Å²) in [6.07, 6.45) is 0. The third kappa shape index (κ3) is 1.93. The fourth-order valence-corrected chi connectivity index (χ4v) is 2.26. The Morgan fingerprint density at radius 3 is 3.00 bits per heavy atom. The number of anilines is 1. The molecule has 6 heteroatoms. The second kappa shape index (κ2) is 3.33. The predicted molar refractivity (Wildman–Crippen MR) is 54.4 cm³/mol. The van der Waals surface area contributed by atoms with Gasteiger partial charge in [-0.2, -0.15) is 0 Å². The van der Waals surface area contributed by atoms with Crippen molar-refractivity contribution in [2.24, 2.45) is 0 Å². The first-order chi connectivity index (χ1) is 6.57. The quantitative estimate of drug-likeness (QED) is 0.739. The van der Waals surface area contributed by atoms with E-state index in [1.807, 2.05) is 0 Å². The molecule has 0 saturated carbocycles. The monoisotopic (exact) mass is 233 g/mol. The number of ether oxygens (including phenoxy) is 1. The van der Waals surface area contributed by atoms with E-state index in [1.165, 1.54) is 6.07 Å². The van der Waals surface area contributed by atoms with Crippen molar-refractivity contribution in [3.05, 3.63) is 23.2 Å². The van der Waals surface area contributed by atoms with Gasteiger partial charge in [0.05, 0.1) is 5.69 Å². The Morgan fingerprint density at radius 2 is 2.21 bits per heavy atom. The molecule has 0 bridgehead atoms. The van der Waals surface area contributed by atoms with E-state index in [0.29, 0.717) is 16.5 Å². The first kappa shape index (κ1) is 9.61. The molecule has 0 amide bonds. The summed E-state index contributed by atoms with van der Waals surface area (Å²) in [7, 11) is -3.28. The number of sulfonamides is 1. The molecule has 0 fully saturated rings. The Balaban J connectivity index is 2.48. The van der Waals surface area contributed by atoms with Crippen LogP contribution in [0.1, 0.15) is 0 Å². The van der Waals surface area contributed by atoms with Gasteiger partial charge >= 0.3 is 0 Å². The zero-order valence-corrected chi connectivity index (χ0v) is 8.73. The van der Waals surface area contributed by atoms with Gasteiger partial charge in [0.2, 0.25) is 10.0 Å². The van der Waals surface area contributed by atoms with E-state index in [1.54, 1.807) is 12.1 Å². The lowest BCUT2D eigenvalue weighted by Crippen LogP contribution is -2.17. The number of halogens is 1. The molecule has 1 aliphatic heterocycles. The molecule has 0 aliphatic carbocycles. The molecule has 1 aliphatic rings. The van der Waals surface area contributed by atoms with Gasteiger partial charge in [-0.25, -0.2) is 8.42 Å². The van der Waals surface area contributed by atoms with Crippen molar-refractivity contribution >= 4 is 27.3 Å². The van der Waals surface area contributed by atoms with Crippen LogP contribution >= 0.6 is 11.6 Å². The number of hydrogen-bond donors (Lipinski definition) is 1. The lowest BCUT2D eigenvalue weighted by molar-refractivity contribution is 0.345. The maximum absolute atomic E-state index is 11.3. The van der Waals surface area contributed by atoms with Gasteiger partial charge in [-0.15, -0.1) is 0 Å². The molecular formula is C8H8ClNO3S. The first-order valence-corrected chi connectivity index (χ1v) is 6.03. The lowest BCUT2D eigenvalue weighted by Gasteiger charge is -2.06. The van der Waals surface area contributed by atoms with Crippen LogP contribution in [0.25, 0.3) is 0 Å². The van der Waals surface area contributed by atoms with Crippen LogP contribution in [0, 0.1) is 0 Å². The van der Waals surface area contributed by atoms with E-state index in [0.717, 1.165) is 0 Å². The maximum Gasteiger partial charge on any atom is 0.236 e. The van der Waals surface area contributed by atoms with Gasteiger partial charge in [-0.3, -0.25) is 4.72 Å². The van der Waals surface area contributed by atoms with Gasteiger partial charge in [0, 0.05) is 5.02 Å². The van der Waals surface area contributed by atoms with Crippen molar-refractivity contribution in [2.75, 3.05) is 17.1 Å². The zero-order valence-electron chi connectivity index (χ0n) is 7.16. The van der Waals surface area contributed by atoms with Crippen LogP contribution in [0.4, 0.5) is 5.69 Å². The molecule has 0 spiro atoms. The molecule has 2 rings (SSSR count). The Bertz CT molecular complexity index is 458. The third-order valence-electron chi connectivity index (χ3n) is 1.82. The number of rotatable bonds is 0. The Hall–Kier alpha value is -0.940. The van der Waals surface area contributed by atoms with E-state index >= 15 is 0 Å². The van der Waals surface area contributed by atoms with E-state index in [-0.39, 0.29) is 12.4 Å². The lowest BCUT2D eigenvalue weighted by atomic mass is 10.3. The molecule has 76 valence electrons. The summed E-state index contributed by atoms with van der Waals surface area (Å²) in [5.41, 5.74) is 0.398. The summed E-state index contributed by atoms with van der Waals surface area (Å²) >= 11 is 5.73. The number of hydrogen-bond acceptors (Lipinski definition) is 3. The predicted octanol–water partition coefficient (Wildman–Crippen LogP) is 1.47. The van der Waals surface area contributed by atoms with Crippen LogP contribution in [0.5, 0.6) is 5.75 Å². The highest BCUT2D eigenvalue weighted by Crippen LogP contribution is 2.30. The zero-order chi connectivity index (χ0) is 10.2. The molecule has 4 nitrogen and oxygen atoms in total.